The molecule has 0 unspecified atom stereocenters. The SMILES string of the molecule is Cc1ccc(CC(=O)NCC(=O)N2CCNCC2)cc1. The predicted molar refractivity (Wildman–Crippen MR) is 77.3 cm³/mol. The van der Waals surface area contributed by atoms with Gasteiger partial charge in [-0.1, -0.05) is 29.8 Å². The molecule has 0 radical (unpaired) electrons. The molecule has 1 aliphatic heterocycles. The van der Waals surface area contributed by atoms with E-state index in [0.29, 0.717) is 19.5 Å². The zero-order valence-corrected chi connectivity index (χ0v) is 11.8. The number of carbonyl (C=O) groups excluding carboxylic acids is 2. The molecule has 5 nitrogen and oxygen atoms in total. The average molecular weight is 275 g/mol. The van der Waals surface area contributed by atoms with Gasteiger partial charge in [0.15, 0.2) is 0 Å². The summed E-state index contributed by atoms with van der Waals surface area (Å²) in [5.74, 6) is -0.124. The molecule has 0 atom stereocenters. The van der Waals surface area contributed by atoms with Crippen molar-refractivity contribution in [2.75, 3.05) is 32.7 Å². The number of rotatable bonds is 4. The van der Waals surface area contributed by atoms with Crippen LogP contribution in [0.4, 0.5) is 0 Å². The highest BCUT2D eigenvalue weighted by molar-refractivity contribution is 5.85. The predicted octanol–water partition coefficient (Wildman–Crippen LogP) is 0.0855. The summed E-state index contributed by atoms with van der Waals surface area (Å²) < 4.78 is 0. The van der Waals surface area contributed by atoms with Crippen LogP contribution in [0.3, 0.4) is 0 Å². The Hall–Kier alpha value is -1.88. The monoisotopic (exact) mass is 275 g/mol. The Labute approximate surface area is 119 Å². The smallest absolute Gasteiger partial charge is 0.242 e. The highest BCUT2D eigenvalue weighted by Gasteiger charge is 2.16. The maximum Gasteiger partial charge on any atom is 0.242 e. The molecule has 108 valence electrons. The Balaban J connectivity index is 1.74. The summed E-state index contributed by atoms with van der Waals surface area (Å²) in [4.78, 5) is 25.5. The maximum atomic E-state index is 11.9. The third kappa shape index (κ3) is 4.35. The number of piperazine rings is 1. The Morgan fingerprint density at radius 2 is 1.85 bits per heavy atom. The zero-order chi connectivity index (χ0) is 14.4. The Kier molecular flexibility index (Phi) is 5.12. The molecule has 1 aromatic rings. The molecule has 5 heteroatoms. The fourth-order valence-electron chi connectivity index (χ4n) is 2.15. The minimum atomic E-state index is -0.114. The van der Waals surface area contributed by atoms with Crippen molar-refractivity contribution in [3.8, 4) is 0 Å². The van der Waals surface area contributed by atoms with Crippen LogP contribution in [0.25, 0.3) is 0 Å². The van der Waals surface area contributed by atoms with E-state index in [1.54, 1.807) is 4.90 Å². The van der Waals surface area contributed by atoms with Crippen molar-refractivity contribution in [1.29, 1.82) is 0 Å². The molecule has 2 N–H and O–H groups in total. The van der Waals surface area contributed by atoms with Gasteiger partial charge in [-0.3, -0.25) is 9.59 Å². The van der Waals surface area contributed by atoms with E-state index in [0.717, 1.165) is 18.7 Å². The summed E-state index contributed by atoms with van der Waals surface area (Å²) in [7, 11) is 0. The number of hydrogen-bond donors (Lipinski definition) is 2. The summed E-state index contributed by atoms with van der Waals surface area (Å²) in [5.41, 5.74) is 2.13. The van der Waals surface area contributed by atoms with E-state index < -0.39 is 0 Å². The first kappa shape index (κ1) is 14.5. The largest absolute Gasteiger partial charge is 0.347 e. The molecular weight excluding hydrogens is 254 g/mol. The third-order valence-electron chi connectivity index (χ3n) is 3.39. The van der Waals surface area contributed by atoms with Gasteiger partial charge in [0.05, 0.1) is 13.0 Å². The van der Waals surface area contributed by atoms with E-state index in [-0.39, 0.29) is 18.4 Å². The number of aryl methyl sites for hydroxylation is 1. The molecule has 1 aromatic carbocycles. The quantitative estimate of drug-likeness (QED) is 0.818. The molecule has 0 saturated carbocycles. The molecule has 1 aliphatic rings. The summed E-state index contributed by atoms with van der Waals surface area (Å²) in [6.45, 7) is 5.17. The van der Waals surface area contributed by atoms with Crippen LogP contribution in [-0.4, -0.2) is 49.4 Å². The van der Waals surface area contributed by atoms with Crippen molar-refractivity contribution >= 4 is 11.8 Å². The highest BCUT2D eigenvalue weighted by atomic mass is 16.2. The molecular formula is C15H21N3O2. The van der Waals surface area contributed by atoms with Crippen molar-refractivity contribution in [2.24, 2.45) is 0 Å². The first-order chi connectivity index (χ1) is 9.65. The minimum absolute atomic E-state index is 0.0104. The van der Waals surface area contributed by atoms with Gasteiger partial charge in [-0.05, 0) is 12.5 Å². The van der Waals surface area contributed by atoms with Crippen molar-refractivity contribution in [2.45, 2.75) is 13.3 Å². The summed E-state index contributed by atoms with van der Waals surface area (Å²) in [5, 5.41) is 5.88. The topological polar surface area (TPSA) is 61.4 Å². The molecule has 0 aromatic heterocycles. The van der Waals surface area contributed by atoms with Crippen molar-refractivity contribution in [3.63, 3.8) is 0 Å². The van der Waals surface area contributed by atoms with Crippen molar-refractivity contribution < 1.29 is 9.59 Å². The van der Waals surface area contributed by atoms with Crippen LogP contribution >= 0.6 is 0 Å². The van der Waals surface area contributed by atoms with E-state index >= 15 is 0 Å². The Morgan fingerprint density at radius 1 is 1.20 bits per heavy atom. The third-order valence-corrected chi connectivity index (χ3v) is 3.39. The highest BCUT2D eigenvalue weighted by Crippen LogP contribution is 2.03. The molecule has 1 saturated heterocycles. The normalized spacial score (nSPS) is 14.9. The summed E-state index contributed by atoms with van der Waals surface area (Å²) >= 11 is 0. The first-order valence-electron chi connectivity index (χ1n) is 6.96. The molecule has 2 rings (SSSR count). The molecule has 1 heterocycles. The van der Waals surface area contributed by atoms with Crippen LogP contribution in [0.1, 0.15) is 11.1 Å². The lowest BCUT2D eigenvalue weighted by molar-refractivity contribution is -0.133. The lowest BCUT2D eigenvalue weighted by Crippen LogP contribution is -2.49. The second-order valence-electron chi connectivity index (χ2n) is 5.07. The van der Waals surface area contributed by atoms with E-state index in [1.165, 1.54) is 5.56 Å². The van der Waals surface area contributed by atoms with Crippen molar-refractivity contribution in [3.05, 3.63) is 35.4 Å². The van der Waals surface area contributed by atoms with Gasteiger partial charge in [0.2, 0.25) is 11.8 Å². The molecule has 0 spiro atoms. The minimum Gasteiger partial charge on any atom is -0.347 e. The number of nitrogens with zero attached hydrogens (tertiary/aromatic N) is 1. The first-order valence-corrected chi connectivity index (χ1v) is 6.96. The zero-order valence-electron chi connectivity index (χ0n) is 11.8. The van der Waals surface area contributed by atoms with Crippen molar-refractivity contribution in [1.82, 2.24) is 15.5 Å². The van der Waals surface area contributed by atoms with Gasteiger partial charge in [0.25, 0.3) is 0 Å². The number of hydrogen-bond acceptors (Lipinski definition) is 3. The summed E-state index contributed by atoms with van der Waals surface area (Å²) in [6.07, 6.45) is 0.315. The fourth-order valence-corrected chi connectivity index (χ4v) is 2.15. The van der Waals surface area contributed by atoms with E-state index in [4.69, 9.17) is 0 Å². The average Bonchev–Trinajstić information content (AvgIpc) is 2.48. The van der Waals surface area contributed by atoms with Gasteiger partial charge < -0.3 is 15.5 Å². The van der Waals surface area contributed by atoms with Crippen LogP contribution in [0, 0.1) is 6.92 Å². The second kappa shape index (κ2) is 7.05. The van der Waals surface area contributed by atoms with Gasteiger partial charge in [-0.25, -0.2) is 0 Å². The number of nitrogens with one attached hydrogen (secondary N) is 2. The van der Waals surface area contributed by atoms with Crippen LogP contribution in [-0.2, 0) is 16.0 Å². The van der Waals surface area contributed by atoms with E-state index in [1.807, 2.05) is 31.2 Å². The molecule has 1 fully saturated rings. The summed E-state index contributed by atoms with van der Waals surface area (Å²) in [6, 6.07) is 7.84. The van der Waals surface area contributed by atoms with Crippen LogP contribution < -0.4 is 10.6 Å². The second-order valence-corrected chi connectivity index (χ2v) is 5.07. The fraction of sp³-hybridized carbons (Fsp3) is 0.467. The standard InChI is InChI=1S/C15H21N3O2/c1-12-2-4-13(5-3-12)10-14(19)17-11-15(20)18-8-6-16-7-9-18/h2-5,16H,6-11H2,1H3,(H,17,19). The van der Waals surface area contributed by atoms with Gasteiger partial charge in [-0.15, -0.1) is 0 Å². The van der Waals surface area contributed by atoms with Crippen LogP contribution in [0.5, 0.6) is 0 Å². The Bertz CT molecular complexity index is 465. The van der Waals surface area contributed by atoms with E-state index in [9.17, 15) is 9.59 Å². The lowest BCUT2D eigenvalue weighted by atomic mass is 10.1. The van der Waals surface area contributed by atoms with Gasteiger partial charge in [0, 0.05) is 26.2 Å². The van der Waals surface area contributed by atoms with Crippen LogP contribution in [0.2, 0.25) is 0 Å². The van der Waals surface area contributed by atoms with Gasteiger partial charge >= 0.3 is 0 Å². The number of benzene rings is 1. The molecule has 0 aliphatic carbocycles. The number of amides is 2. The lowest BCUT2D eigenvalue weighted by Gasteiger charge is -2.27. The van der Waals surface area contributed by atoms with Gasteiger partial charge in [0.1, 0.15) is 0 Å². The molecule has 20 heavy (non-hydrogen) atoms. The molecule has 0 bridgehead atoms. The van der Waals surface area contributed by atoms with Crippen LogP contribution in [0.15, 0.2) is 24.3 Å². The van der Waals surface area contributed by atoms with Gasteiger partial charge in [-0.2, -0.15) is 0 Å². The molecule has 2 amide bonds. The number of carbonyl (C=O) groups is 2. The maximum absolute atomic E-state index is 11.9. The Morgan fingerprint density at radius 3 is 2.50 bits per heavy atom. The van der Waals surface area contributed by atoms with E-state index in [2.05, 4.69) is 10.6 Å².